The number of nitrogens with one attached hydrogen (secondary N) is 1. The highest BCUT2D eigenvalue weighted by molar-refractivity contribution is 7.07. The summed E-state index contributed by atoms with van der Waals surface area (Å²) in [6.45, 7) is 8.06. The zero-order valence-corrected chi connectivity index (χ0v) is 19.7. The molecular formula is C27H33NO2S. The Morgan fingerprint density at radius 3 is 2.29 bits per heavy atom. The van der Waals surface area contributed by atoms with E-state index in [2.05, 4.69) is 77.6 Å². The molecule has 2 atom stereocenters. The van der Waals surface area contributed by atoms with Crippen molar-refractivity contribution in [1.82, 2.24) is 5.32 Å². The molecule has 1 heterocycles. The van der Waals surface area contributed by atoms with Crippen LogP contribution in [0.4, 0.5) is 0 Å². The average Bonchev–Trinajstić information content (AvgIpc) is 3.26. The van der Waals surface area contributed by atoms with Gasteiger partial charge >= 0.3 is 5.97 Å². The number of ether oxygens (including phenoxy) is 1. The smallest absolute Gasteiger partial charge is 0.320 e. The molecule has 0 bridgehead atoms. The van der Waals surface area contributed by atoms with E-state index in [9.17, 15) is 4.79 Å². The standard InChI is InChI=1S/C27H33NO2S/c1-20(28-18-26(29)30-27(2,3)4)25(15-10-21-16-17-31-19-21)24-13-11-23(12-14-24)22-8-6-5-7-9-22/h5-9,11-14,16-17,19-20,25,28H,10,15,18H2,1-4H3. The van der Waals surface area contributed by atoms with Crippen LogP contribution in [0.1, 0.15) is 51.2 Å². The third-order valence-corrected chi connectivity index (χ3v) is 6.09. The van der Waals surface area contributed by atoms with Gasteiger partial charge in [0.2, 0.25) is 0 Å². The largest absolute Gasteiger partial charge is 0.459 e. The summed E-state index contributed by atoms with van der Waals surface area (Å²) >= 11 is 1.74. The summed E-state index contributed by atoms with van der Waals surface area (Å²) in [5.74, 6) is 0.0857. The second-order valence-electron chi connectivity index (χ2n) is 9.02. The van der Waals surface area contributed by atoms with Crippen LogP contribution in [0.2, 0.25) is 0 Å². The van der Waals surface area contributed by atoms with Gasteiger partial charge in [0.05, 0.1) is 6.54 Å². The van der Waals surface area contributed by atoms with Crippen LogP contribution in [-0.4, -0.2) is 24.2 Å². The lowest BCUT2D eigenvalue weighted by Gasteiger charge is -2.27. The van der Waals surface area contributed by atoms with Crippen LogP contribution in [0, 0.1) is 0 Å². The lowest BCUT2D eigenvalue weighted by molar-refractivity contribution is -0.153. The molecule has 0 aliphatic heterocycles. The van der Waals surface area contributed by atoms with Crippen LogP contribution in [0.5, 0.6) is 0 Å². The topological polar surface area (TPSA) is 38.3 Å². The zero-order valence-electron chi connectivity index (χ0n) is 18.9. The molecule has 0 aliphatic rings. The number of aryl methyl sites for hydroxylation is 1. The average molecular weight is 436 g/mol. The Balaban J connectivity index is 1.71. The SMILES string of the molecule is CC(NCC(=O)OC(C)(C)C)C(CCc1ccsc1)c1ccc(-c2ccccc2)cc1. The summed E-state index contributed by atoms with van der Waals surface area (Å²) in [5.41, 5.74) is 4.64. The highest BCUT2D eigenvalue weighted by atomic mass is 32.1. The van der Waals surface area contributed by atoms with E-state index in [1.165, 1.54) is 22.3 Å². The lowest BCUT2D eigenvalue weighted by Crippen LogP contribution is -2.38. The van der Waals surface area contributed by atoms with Crippen molar-refractivity contribution in [2.24, 2.45) is 0 Å². The molecule has 0 fully saturated rings. The molecule has 31 heavy (non-hydrogen) atoms. The van der Waals surface area contributed by atoms with Gasteiger partial charge in [-0.1, -0.05) is 54.6 Å². The van der Waals surface area contributed by atoms with Crippen molar-refractivity contribution in [3.05, 3.63) is 82.6 Å². The van der Waals surface area contributed by atoms with Gasteiger partial charge in [-0.3, -0.25) is 4.79 Å². The summed E-state index contributed by atoms with van der Waals surface area (Å²) in [6.07, 6.45) is 2.04. The number of esters is 1. The van der Waals surface area contributed by atoms with E-state index < -0.39 is 5.60 Å². The number of hydrogen-bond donors (Lipinski definition) is 1. The fourth-order valence-electron chi connectivity index (χ4n) is 3.78. The summed E-state index contributed by atoms with van der Waals surface area (Å²) in [4.78, 5) is 12.2. The molecule has 1 aromatic heterocycles. The first-order chi connectivity index (χ1) is 14.8. The van der Waals surface area contributed by atoms with E-state index >= 15 is 0 Å². The van der Waals surface area contributed by atoms with Crippen LogP contribution in [0.3, 0.4) is 0 Å². The number of hydrogen-bond acceptors (Lipinski definition) is 4. The quantitative estimate of drug-likeness (QED) is 0.392. The molecule has 0 amide bonds. The Morgan fingerprint density at radius 2 is 1.68 bits per heavy atom. The van der Waals surface area contributed by atoms with Gasteiger partial charge in [-0.05, 0) is 85.5 Å². The van der Waals surface area contributed by atoms with E-state index in [1.807, 2.05) is 26.8 Å². The zero-order chi connectivity index (χ0) is 22.3. The minimum atomic E-state index is -0.465. The van der Waals surface area contributed by atoms with Crippen molar-refractivity contribution in [1.29, 1.82) is 0 Å². The fourth-order valence-corrected chi connectivity index (χ4v) is 4.48. The molecule has 0 aliphatic carbocycles. The van der Waals surface area contributed by atoms with Gasteiger partial charge in [-0.25, -0.2) is 0 Å². The van der Waals surface area contributed by atoms with E-state index in [4.69, 9.17) is 4.74 Å². The fraction of sp³-hybridized carbons (Fsp3) is 0.370. The summed E-state index contributed by atoms with van der Waals surface area (Å²) < 4.78 is 5.46. The predicted octanol–water partition coefficient (Wildman–Crippen LogP) is 6.45. The second kappa shape index (κ2) is 10.7. The Labute approximate surface area is 190 Å². The van der Waals surface area contributed by atoms with E-state index in [-0.39, 0.29) is 18.6 Å². The Hall–Kier alpha value is -2.43. The van der Waals surface area contributed by atoms with Crippen LogP contribution in [0.25, 0.3) is 11.1 Å². The molecule has 0 spiro atoms. The summed E-state index contributed by atoms with van der Waals surface area (Å²) in [5, 5.41) is 7.75. The van der Waals surface area contributed by atoms with Gasteiger partial charge < -0.3 is 10.1 Å². The molecule has 3 aromatic rings. The Bertz CT molecular complexity index is 928. The van der Waals surface area contributed by atoms with Crippen LogP contribution in [0.15, 0.2) is 71.4 Å². The maximum absolute atomic E-state index is 12.2. The highest BCUT2D eigenvalue weighted by Crippen LogP contribution is 2.29. The lowest BCUT2D eigenvalue weighted by atomic mass is 9.86. The first kappa shape index (κ1) is 23.2. The number of rotatable bonds is 9. The van der Waals surface area contributed by atoms with Crippen molar-refractivity contribution in [3.8, 4) is 11.1 Å². The van der Waals surface area contributed by atoms with Crippen LogP contribution in [-0.2, 0) is 16.0 Å². The van der Waals surface area contributed by atoms with Crippen molar-refractivity contribution in [2.75, 3.05) is 6.54 Å². The highest BCUT2D eigenvalue weighted by Gasteiger charge is 2.22. The van der Waals surface area contributed by atoms with Gasteiger partial charge in [0.25, 0.3) is 0 Å². The van der Waals surface area contributed by atoms with Crippen LogP contribution < -0.4 is 5.32 Å². The van der Waals surface area contributed by atoms with Gasteiger partial charge in [0.15, 0.2) is 0 Å². The molecule has 4 heteroatoms. The maximum Gasteiger partial charge on any atom is 0.320 e. The van der Waals surface area contributed by atoms with Gasteiger partial charge in [-0.2, -0.15) is 11.3 Å². The van der Waals surface area contributed by atoms with E-state index in [0.717, 1.165) is 12.8 Å². The van der Waals surface area contributed by atoms with E-state index in [1.54, 1.807) is 11.3 Å². The first-order valence-corrected chi connectivity index (χ1v) is 11.9. The molecule has 2 aromatic carbocycles. The predicted molar refractivity (Wildman–Crippen MR) is 131 cm³/mol. The number of carbonyl (C=O) groups is 1. The monoisotopic (exact) mass is 435 g/mol. The van der Waals surface area contributed by atoms with Crippen molar-refractivity contribution < 1.29 is 9.53 Å². The third-order valence-electron chi connectivity index (χ3n) is 5.36. The molecule has 3 rings (SSSR count). The molecule has 2 unspecified atom stereocenters. The third kappa shape index (κ3) is 7.34. The minimum absolute atomic E-state index is 0.147. The number of benzene rings is 2. The maximum atomic E-state index is 12.2. The van der Waals surface area contributed by atoms with Gasteiger partial charge in [0, 0.05) is 6.04 Å². The van der Waals surface area contributed by atoms with E-state index in [0.29, 0.717) is 5.92 Å². The molecular weight excluding hydrogens is 402 g/mol. The number of thiophene rings is 1. The Kier molecular flexibility index (Phi) is 8.05. The van der Waals surface area contributed by atoms with Gasteiger partial charge in [0.1, 0.15) is 5.60 Å². The van der Waals surface area contributed by atoms with Crippen molar-refractivity contribution in [2.45, 2.75) is 58.1 Å². The van der Waals surface area contributed by atoms with Crippen molar-refractivity contribution in [3.63, 3.8) is 0 Å². The van der Waals surface area contributed by atoms with Crippen LogP contribution >= 0.6 is 11.3 Å². The summed E-state index contributed by atoms with van der Waals surface area (Å²) in [7, 11) is 0. The Morgan fingerprint density at radius 1 is 1.00 bits per heavy atom. The normalized spacial score (nSPS) is 13.5. The molecule has 164 valence electrons. The molecule has 0 radical (unpaired) electrons. The molecule has 3 nitrogen and oxygen atoms in total. The van der Waals surface area contributed by atoms with Gasteiger partial charge in [-0.15, -0.1) is 0 Å². The molecule has 1 N–H and O–H groups in total. The molecule has 0 saturated carbocycles. The van der Waals surface area contributed by atoms with Crippen molar-refractivity contribution >= 4 is 17.3 Å². The summed E-state index contributed by atoms with van der Waals surface area (Å²) in [6, 6.07) is 21.6. The number of carbonyl (C=O) groups excluding carboxylic acids is 1. The molecule has 0 saturated heterocycles. The minimum Gasteiger partial charge on any atom is -0.459 e. The second-order valence-corrected chi connectivity index (χ2v) is 9.80. The first-order valence-electron chi connectivity index (χ1n) is 10.9.